The summed E-state index contributed by atoms with van der Waals surface area (Å²) in [6.45, 7) is 4.30. The highest BCUT2D eigenvalue weighted by Crippen LogP contribution is 2.21. The number of nitrogens with zero attached hydrogens (tertiary/aromatic N) is 2. The van der Waals surface area contributed by atoms with Gasteiger partial charge in [-0.25, -0.2) is 9.97 Å². The van der Waals surface area contributed by atoms with Crippen LogP contribution < -0.4 is 5.32 Å². The molecular formula is C11H17N3S. The normalized spacial score (nSPS) is 20.9. The van der Waals surface area contributed by atoms with E-state index < -0.39 is 0 Å². The van der Waals surface area contributed by atoms with Gasteiger partial charge in [-0.15, -0.1) is 0 Å². The van der Waals surface area contributed by atoms with Crippen LogP contribution in [0.5, 0.6) is 0 Å². The summed E-state index contributed by atoms with van der Waals surface area (Å²) in [6.07, 6.45) is 2.89. The maximum atomic E-state index is 4.26. The monoisotopic (exact) mass is 223 g/mol. The second-order valence-corrected chi connectivity index (χ2v) is 5.34. The largest absolute Gasteiger partial charge is 0.366 e. The van der Waals surface area contributed by atoms with Crippen LogP contribution in [0.2, 0.25) is 0 Å². The Kier molecular flexibility index (Phi) is 3.46. The highest BCUT2D eigenvalue weighted by atomic mass is 32.2. The van der Waals surface area contributed by atoms with Gasteiger partial charge in [0, 0.05) is 23.6 Å². The van der Waals surface area contributed by atoms with E-state index in [1.165, 1.54) is 17.9 Å². The van der Waals surface area contributed by atoms with Crippen LogP contribution in [0.25, 0.3) is 0 Å². The molecule has 0 spiro atoms. The molecule has 0 amide bonds. The Bertz CT molecular complexity index is 321. The van der Waals surface area contributed by atoms with Crippen molar-refractivity contribution in [1.82, 2.24) is 9.97 Å². The van der Waals surface area contributed by atoms with E-state index in [-0.39, 0.29) is 0 Å². The van der Waals surface area contributed by atoms with Crippen LogP contribution in [0.4, 0.5) is 5.82 Å². The molecule has 1 fully saturated rings. The second kappa shape index (κ2) is 4.84. The Labute approximate surface area is 95.1 Å². The van der Waals surface area contributed by atoms with Crippen LogP contribution >= 0.6 is 11.8 Å². The lowest BCUT2D eigenvalue weighted by Gasteiger charge is -2.13. The van der Waals surface area contributed by atoms with Gasteiger partial charge in [-0.1, -0.05) is 13.8 Å². The highest BCUT2D eigenvalue weighted by molar-refractivity contribution is 7.99. The van der Waals surface area contributed by atoms with Crippen molar-refractivity contribution in [2.24, 2.45) is 0 Å². The SMILES string of the molecule is CC(C)c1cc(NC2CCSC2)ncn1. The van der Waals surface area contributed by atoms with Gasteiger partial charge in [0.1, 0.15) is 12.1 Å². The molecule has 82 valence electrons. The third kappa shape index (κ3) is 2.84. The van der Waals surface area contributed by atoms with E-state index in [0.29, 0.717) is 12.0 Å². The van der Waals surface area contributed by atoms with Gasteiger partial charge in [0.25, 0.3) is 0 Å². The van der Waals surface area contributed by atoms with Crippen molar-refractivity contribution in [3.8, 4) is 0 Å². The van der Waals surface area contributed by atoms with Crippen molar-refractivity contribution in [3.63, 3.8) is 0 Å². The predicted molar refractivity (Wildman–Crippen MR) is 65.5 cm³/mol. The standard InChI is InChI=1S/C11H17N3S/c1-8(2)10-5-11(13-7-12-10)14-9-3-4-15-6-9/h5,7-9H,3-4,6H2,1-2H3,(H,12,13,14). The minimum atomic E-state index is 0.464. The Morgan fingerprint density at radius 3 is 3.00 bits per heavy atom. The molecule has 1 aliphatic heterocycles. The van der Waals surface area contributed by atoms with Gasteiger partial charge in [-0.3, -0.25) is 0 Å². The van der Waals surface area contributed by atoms with Gasteiger partial charge in [-0.05, 0) is 18.1 Å². The maximum absolute atomic E-state index is 4.26. The second-order valence-electron chi connectivity index (χ2n) is 4.19. The smallest absolute Gasteiger partial charge is 0.129 e. The molecule has 2 heterocycles. The average Bonchev–Trinajstić information content (AvgIpc) is 2.71. The zero-order valence-corrected chi connectivity index (χ0v) is 10.0. The molecule has 1 aromatic rings. The minimum Gasteiger partial charge on any atom is -0.366 e. The summed E-state index contributed by atoms with van der Waals surface area (Å²) in [5, 5.41) is 3.46. The van der Waals surface area contributed by atoms with Crippen LogP contribution in [-0.4, -0.2) is 27.5 Å². The van der Waals surface area contributed by atoms with Crippen LogP contribution in [0, 0.1) is 0 Å². The summed E-state index contributed by atoms with van der Waals surface area (Å²) in [4.78, 5) is 8.51. The highest BCUT2D eigenvalue weighted by Gasteiger charge is 2.15. The Morgan fingerprint density at radius 1 is 1.47 bits per heavy atom. The van der Waals surface area contributed by atoms with Crippen molar-refractivity contribution in [2.45, 2.75) is 32.2 Å². The number of anilines is 1. The molecule has 3 nitrogen and oxygen atoms in total. The van der Waals surface area contributed by atoms with Crippen LogP contribution in [0.3, 0.4) is 0 Å². The van der Waals surface area contributed by atoms with E-state index in [0.717, 1.165) is 11.5 Å². The zero-order valence-electron chi connectivity index (χ0n) is 9.23. The molecule has 4 heteroatoms. The number of nitrogens with one attached hydrogen (secondary N) is 1. The molecule has 1 N–H and O–H groups in total. The van der Waals surface area contributed by atoms with E-state index in [2.05, 4.69) is 35.2 Å². The van der Waals surface area contributed by atoms with Crippen LogP contribution in [0.15, 0.2) is 12.4 Å². The lowest BCUT2D eigenvalue weighted by Crippen LogP contribution is -2.19. The van der Waals surface area contributed by atoms with E-state index in [1.54, 1.807) is 6.33 Å². The van der Waals surface area contributed by atoms with Gasteiger partial charge >= 0.3 is 0 Å². The first-order valence-corrected chi connectivity index (χ1v) is 6.57. The molecule has 0 aromatic carbocycles. The number of aromatic nitrogens is 2. The van der Waals surface area contributed by atoms with Crippen molar-refractivity contribution in [2.75, 3.05) is 16.8 Å². The fourth-order valence-corrected chi connectivity index (χ4v) is 2.78. The zero-order chi connectivity index (χ0) is 10.7. The predicted octanol–water partition coefficient (Wildman–Crippen LogP) is 2.52. The van der Waals surface area contributed by atoms with E-state index in [4.69, 9.17) is 0 Å². The first kappa shape index (κ1) is 10.7. The third-order valence-electron chi connectivity index (χ3n) is 2.56. The Balaban J connectivity index is 2.04. The van der Waals surface area contributed by atoms with Gasteiger partial charge in [0.2, 0.25) is 0 Å². The molecule has 15 heavy (non-hydrogen) atoms. The van der Waals surface area contributed by atoms with E-state index in [1.807, 2.05) is 11.8 Å². The molecule has 1 unspecified atom stereocenters. The summed E-state index contributed by atoms with van der Waals surface area (Å²) in [5.74, 6) is 3.90. The molecule has 0 radical (unpaired) electrons. The quantitative estimate of drug-likeness (QED) is 0.854. The van der Waals surface area contributed by atoms with Crippen molar-refractivity contribution in [1.29, 1.82) is 0 Å². The molecule has 0 bridgehead atoms. The van der Waals surface area contributed by atoms with Crippen molar-refractivity contribution in [3.05, 3.63) is 18.1 Å². The molecule has 1 aromatic heterocycles. The summed E-state index contributed by atoms with van der Waals surface area (Å²) in [6, 6.07) is 2.65. The number of thioether (sulfide) groups is 1. The van der Waals surface area contributed by atoms with Crippen molar-refractivity contribution >= 4 is 17.6 Å². The molecule has 2 rings (SSSR count). The summed E-state index contributed by atoms with van der Waals surface area (Å²) >= 11 is 2.01. The number of hydrogen-bond donors (Lipinski definition) is 1. The van der Waals surface area contributed by atoms with Gasteiger partial charge in [0.15, 0.2) is 0 Å². The number of hydrogen-bond acceptors (Lipinski definition) is 4. The lowest BCUT2D eigenvalue weighted by atomic mass is 10.1. The van der Waals surface area contributed by atoms with Crippen LogP contribution in [0.1, 0.15) is 31.9 Å². The van der Waals surface area contributed by atoms with Gasteiger partial charge in [-0.2, -0.15) is 11.8 Å². The van der Waals surface area contributed by atoms with Crippen LogP contribution in [-0.2, 0) is 0 Å². The fourth-order valence-electron chi connectivity index (χ4n) is 1.62. The van der Waals surface area contributed by atoms with Crippen molar-refractivity contribution < 1.29 is 0 Å². The summed E-state index contributed by atoms with van der Waals surface area (Å²) in [7, 11) is 0. The number of rotatable bonds is 3. The Hall–Kier alpha value is -0.770. The summed E-state index contributed by atoms with van der Waals surface area (Å²) < 4.78 is 0. The topological polar surface area (TPSA) is 37.8 Å². The average molecular weight is 223 g/mol. The first-order valence-electron chi connectivity index (χ1n) is 5.42. The molecule has 0 aliphatic carbocycles. The fraction of sp³-hybridized carbons (Fsp3) is 0.636. The van der Waals surface area contributed by atoms with E-state index in [9.17, 15) is 0 Å². The third-order valence-corrected chi connectivity index (χ3v) is 3.72. The summed E-state index contributed by atoms with van der Waals surface area (Å²) in [5.41, 5.74) is 1.11. The van der Waals surface area contributed by atoms with Gasteiger partial charge < -0.3 is 5.32 Å². The Morgan fingerprint density at radius 2 is 2.33 bits per heavy atom. The van der Waals surface area contributed by atoms with E-state index >= 15 is 0 Å². The maximum Gasteiger partial charge on any atom is 0.129 e. The molecule has 1 aliphatic rings. The molecule has 1 saturated heterocycles. The molecule has 1 atom stereocenters. The molecule has 0 saturated carbocycles. The van der Waals surface area contributed by atoms with Gasteiger partial charge in [0.05, 0.1) is 0 Å². The molecular weight excluding hydrogens is 206 g/mol. The first-order chi connectivity index (χ1) is 7.25. The minimum absolute atomic E-state index is 0.464. The lowest BCUT2D eigenvalue weighted by molar-refractivity contribution is 0.789.